The van der Waals surface area contributed by atoms with Crippen LogP contribution >= 0.6 is 0 Å². The molecule has 0 aliphatic carbocycles. The van der Waals surface area contributed by atoms with E-state index in [1.54, 1.807) is 0 Å². The quantitative estimate of drug-likeness (QED) is 0.646. The van der Waals surface area contributed by atoms with Crippen LogP contribution in [-0.4, -0.2) is 41.8 Å². The van der Waals surface area contributed by atoms with Crippen LogP contribution in [0.3, 0.4) is 0 Å². The molecule has 9 heteroatoms. The van der Waals surface area contributed by atoms with Crippen LogP contribution in [0, 0.1) is 16.0 Å². The zero-order chi connectivity index (χ0) is 15.6. The van der Waals surface area contributed by atoms with E-state index in [0.717, 1.165) is 18.7 Å². The summed E-state index contributed by atoms with van der Waals surface area (Å²) in [5, 5.41) is 10.6. The average Bonchev–Trinajstić information content (AvgIpc) is 2.47. The van der Waals surface area contributed by atoms with E-state index in [4.69, 9.17) is 5.73 Å². The van der Waals surface area contributed by atoms with Crippen LogP contribution in [0.15, 0.2) is 23.2 Å². The molecule has 0 radical (unpaired) electrons. The first kappa shape index (κ1) is 15.8. The lowest BCUT2D eigenvalue weighted by Crippen LogP contribution is -2.48. The van der Waals surface area contributed by atoms with Gasteiger partial charge in [0.25, 0.3) is 0 Å². The second-order valence-corrected chi connectivity index (χ2v) is 7.03. The molecule has 1 fully saturated rings. The SMILES string of the molecule is CCC1CN(S(=O)(=O)c2ccc([N+](=O)[O-])nc2)CCC1N. The highest BCUT2D eigenvalue weighted by Crippen LogP contribution is 2.25. The van der Waals surface area contributed by atoms with E-state index in [0.29, 0.717) is 19.5 Å². The summed E-state index contributed by atoms with van der Waals surface area (Å²) in [6.45, 7) is 2.71. The van der Waals surface area contributed by atoms with Crippen molar-refractivity contribution < 1.29 is 13.3 Å². The van der Waals surface area contributed by atoms with Gasteiger partial charge in [-0.05, 0) is 28.3 Å². The largest absolute Gasteiger partial charge is 0.363 e. The van der Waals surface area contributed by atoms with Crippen molar-refractivity contribution in [1.82, 2.24) is 9.29 Å². The first-order valence-corrected chi connectivity index (χ1v) is 8.16. The van der Waals surface area contributed by atoms with Gasteiger partial charge in [0.05, 0.1) is 0 Å². The van der Waals surface area contributed by atoms with E-state index < -0.39 is 14.9 Å². The number of nitrogens with zero attached hydrogens (tertiary/aromatic N) is 3. The highest BCUT2D eigenvalue weighted by Gasteiger charge is 2.34. The predicted octanol–water partition coefficient (Wildman–Crippen LogP) is 0.738. The Balaban J connectivity index is 2.23. The number of rotatable bonds is 4. The third-order valence-electron chi connectivity index (χ3n) is 3.83. The summed E-state index contributed by atoms with van der Waals surface area (Å²) in [5.74, 6) is -0.249. The minimum atomic E-state index is -3.68. The lowest BCUT2D eigenvalue weighted by atomic mass is 9.92. The maximum Gasteiger partial charge on any atom is 0.363 e. The van der Waals surface area contributed by atoms with E-state index in [1.165, 1.54) is 10.4 Å². The summed E-state index contributed by atoms with van der Waals surface area (Å²) < 4.78 is 26.4. The van der Waals surface area contributed by atoms with Gasteiger partial charge in [0.1, 0.15) is 4.90 Å². The third kappa shape index (κ3) is 3.20. The minimum absolute atomic E-state index is 0.0106. The van der Waals surface area contributed by atoms with Gasteiger partial charge in [-0.15, -0.1) is 0 Å². The second-order valence-electron chi connectivity index (χ2n) is 5.09. The Morgan fingerprint density at radius 2 is 2.24 bits per heavy atom. The Hall–Kier alpha value is -1.58. The zero-order valence-electron chi connectivity index (χ0n) is 11.7. The Kier molecular flexibility index (Phi) is 4.55. The molecule has 0 bridgehead atoms. The molecule has 1 aliphatic rings. The van der Waals surface area contributed by atoms with E-state index in [1.807, 2.05) is 6.92 Å². The van der Waals surface area contributed by atoms with E-state index in [9.17, 15) is 18.5 Å². The Bertz CT molecular complexity index is 617. The molecule has 2 atom stereocenters. The van der Waals surface area contributed by atoms with Gasteiger partial charge in [0.15, 0.2) is 6.20 Å². The average molecular weight is 314 g/mol. The lowest BCUT2D eigenvalue weighted by Gasteiger charge is -2.35. The fourth-order valence-corrected chi connectivity index (χ4v) is 3.91. The summed E-state index contributed by atoms with van der Waals surface area (Å²) in [5.41, 5.74) is 5.98. The highest BCUT2D eigenvalue weighted by molar-refractivity contribution is 7.89. The van der Waals surface area contributed by atoms with Gasteiger partial charge < -0.3 is 15.8 Å². The fraction of sp³-hybridized carbons (Fsp3) is 0.583. The summed E-state index contributed by atoms with van der Waals surface area (Å²) >= 11 is 0. The first-order valence-electron chi connectivity index (χ1n) is 6.72. The monoisotopic (exact) mass is 314 g/mol. The molecule has 2 heterocycles. The maximum absolute atomic E-state index is 12.5. The Morgan fingerprint density at radius 1 is 1.52 bits per heavy atom. The van der Waals surface area contributed by atoms with Gasteiger partial charge in [0, 0.05) is 25.2 Å². The molecular weight excluding hydrogens is 296 g/mol. The molecule has 1 saturated heterocycles. The topological polar surface area (TPSA) is 119 Å². The van der Waals surface area contributed by atoms with Crippen LogP contribution < -0.4 is 5.73 Å². The lowest BCUT2D eigenvalue weighted by molar-refractivity contribution is -0.389. The number of hydrogen-bond donors (Lipinski definition) is 1. The highest BCUT2D eigenvalue weighted by atomic mass is 32.2. The first-order chi connectivity index (χ1) is 9.86. The molecule has 2 unspecified atom stereocenters. The maximum atomic E-state index is 12.5. The van der Waals surface area contributed by atoms with Crippen molar-refractivity contribution in [2.24, 2.45) is 11.7 Å². The van der Waals surface area contributed by atoms with Crippen molar-refractivity contribution in [3.63, 3.8) is 0 Å². The smallest absolute Gasteiger partial charge is 0.358 e. The minimum Gasteiger partial charge on any atom is -0.358 e. The van der Waals surface area contributed by atoms with Gasteiger partial charge in [0.2, 0.25) is 10.0 Å². The van der Waals surface area contributed by atoms with Crippen molar-refractivity contribution in [2.45, 2.75) is 30.7 Å². The zero-order valence-corrected chi connectivity index (χ0v) is 12.5. The standard InChI is InChI=1S/C12H18N4O4S/c1-2-9-8-15(6-5-11(9)13)21(19,20)10-3-4-12(14-7-10)16(17)18/h3-4,7,9,11H,2,5-6,8,13H2,1H3. The Labute approximate surface area is 123 Å². The van der Waals surface area contributed by atoms with Crippen LogP contribution in [-0.2, 0) is 10.0 Å². The van der Waals surface area contributed by atoms with Crippen molar-refractivity contribution in [2.75, 3.05) is 13.1 Å². The van der Waals surface area contributed by atoms with Gasteiger partial charge >= 0.3 is 5.82 Å². The third-order valence-corrected chi connectivity index (χ3v) is 5.67. The molecule has 0 amide bonds. The normalized spacial score (nSPS) is 23.9. The number of pyridine rings is 1. The molecule has 0 spiro atoms. The second kappa shape index (κ2) is 6.04. The van der Waals surface area contributed by atoms with Crippen LogP contribution in [0.25, 0.3) is 0 Å². The number of aromatic nitrogens is 1. The van der Waals surface area contributed by atoms with Crippen LogP contribution in [0.1, 0.15) is 19.8 Å². The van der Waals surface area contributed by atoms with Gasteiger partial charge in [-0.1, -0.05) is 13.3 Å². The Morgan fingerprint density at radius 3 is 2.76 bits per heavy atom. The van der Waals surface area contributed by atoms with Gasteiger partial charge in [-0.3, -0.25) is 0 Å². The molecule has 0 saturated carbocycles. The number of sulfonamides is 1. The number of piperidine rings is 1. The molecule has 8 nitrogen and oxygen atoms in total. The van der Waals surface area contributed by atoms with Gasteiger partial charge in [-0.25, -0.2) is 8.42 Å². The fourth-order valence-electron chi connectivity index (χ4n) is 2.45. The summed E-state index contributed by atoms with van der Waals surface area (Å²) in [6.07, 6.45) is 2.45. The molecule has 21 heavy (non-hydrogen) atoms. The molecule has 1 aromatic rings. The predicted molar refractivity (Wildman–Crippen MR) is 76.0 cm³/mol. The van der Waals surface area contributed by atoms with E-state index in [2.05, 4.69) is 4.98 Å². The molecule has 0 aromatic carbocycles. The number of nitro groups is 1. The summed E-state index contributed by atoms with van der Waals surface area (Å²) in [6, 6.07) is 2.33. The van der Waals surface area contributed by atoms with E-state index in [-0.39, 0.29) is 22.7 Å². The van der Waals surface area contributed by atoms with Crippen molar-refractivity contribution in [3.8, 4) is 0 Å². The van der Waals surface area contributed by atoms with Crippen LogP contribution in [0.5, 0.6) is 0 Å². The van der Waals surface area contributed by atoms with Crippen LogP contribution in [0.4, 0.5) is 5.82 Å². The summed E-state index contributed by atoms with van der Waals surface area (Å²) in [7, 11) is -3.68. The van der Waals surface area contributed by atoms with Crippen molar-refractivity contribution in [3.05, 3.63) is 28.4 Å². The number of hydrogen-bond acceptors (Lipinski definition) is 6. The molecule has 1 aliphatic heterocycles. The molecule has 2 N–H and O–H groups in total. The summed E-state index contributed by atoms with van der Waals surface area (Å²) in [4.78, 5) is 13.4. The molecular formula is C12H18N4O4S. The van der Waals surface area contributed by atoms with Crippen LogP contribution in [0.2, 0.25) is 0 Å². The van der Waals surface area contributed by atoms with E-state index >= 15 is 0 Å². The molecule has 116 valence electrons. The number of nitrogens with two attached hydrogens (primary N) is 1. The molecule has 2 rings (SSSR count). The van der Waals surface area contributed by atoms with Crippen molar-refractivity contribution >= 4 is 15.8 Å². The van der Waals surface area contributed by atoms with Crippen molar-refractivity contribution in [1.29, 1.82) is 0 Å². The van der Waals surface area contributed by atoms with Gasteiger partial charge in [-0.2, -0.15) is 4.31 Å². The molecule has 1 aromatic heterocycles.